The molecule has 0 spiro atoms. The third-order valence-corrected chi connectivity index (χ3v) is 5.19. The van der Waals surface area contributed by atoms with Crippen molar-refractivity contribution in [1.82, 2.24) is 4.90 Å². The van der Waals surface area contributed by atoms with Crippen molar-refractivity contribution in [3.63, 3.8) is 0 Å². The number of thioether (sulfide) groups is 1. The fraction of sp³-hybridized carbons (Fsp3) is 0.444. The van der Waals surface area contributed by atoms with Gasteiger partial charge in [0.05, 0.1) is 11.8 Å². The van der Waals surface area contributed by atoms with Crippen LogP contribution in [0.3, 0.4) is 0 Å². The van der Waals surface area contributed by atoms with Crippen molar-refractivity contribution < 1.29 is 5.11 Å². The van der Waals surface area contributed by atoms with Crippen LogP contribution in [0.2, 0.25) is 0 Å². The molecule has 2 atom stereocenters. The quantitative estimate of drug-likeness (QED) is 0.922. The molecule has 0 amide bonds. The number of rotatable bonds is 4. The van der Waals surface area contributed by atoms with Crippen LogP contribution < -0.4 is 4.90 Å². The lowest BCUT2D eigenvalue weighted by atomic mass is 10.0. The lowest BCUT2D eigenvalue weighted by Crippen LogP contribution is -2.36. The van der Waals surface area contributed by atoms with Gasteiger partial charge >= 0.3 is 0 Å². The van der Waals surface area contributed by atoms with E-state index in [1.54, 1.807) is 0 Å². The molecule has 118 valence electrons. The average molecular weight is 316 g/mol. The molecule has 0 saturated carbocycles. The average Bonchev–Trinajstić information content (AvgIpc) is 2.47. The SMILES string of the molecule is CC(CN(C)C)CN1C2=C(C=CC(O)C2)Sc2ccccc21. The first-order valence-electron chi connectivity index (χ1n) is 7.83. The second-order valence-corrected chi connectivity index (χ2v) is 7.57. The number of para-hydroxylation sites is 1. The summed E-state index contributed by atoms with van der Waals surface area (Å²) in [5.41, 5.74) is 2.55. The van der Waals surface area contributed by atoms with Crippen LogP contribution >= 0.6 is 11.8 Å². The van der Waals surface area contributed by atoms with E-state index in [1.807, 2.05) is 17.8 Å². The van der Waals surface area contributed by atoms with E-state index < -0.39 is 0 Å². The Hall–Kier alpha value is -1.23. The highest BCUT2D eigenvalue weighted by atomic mass is 32.2. The maximum Gasteiger partial charge on any atom is 0.0779 e. The van der Waals surface area contributed by atoms with Gasteiger partial charge in [-0.15, -0.1) is 0 Å². The fourth-order valence-electron chi connectivity index (χ4n) is 3.23. The molecule has 1 aromatic carbocycles. The minimum Gasteiger partial charge on any atom is -0.389 e. The third kappa shape index (κ3) is 3.24. The Labute approximate surface area is 137 Å². The molecule has 1 heterocycles. The number of aliphatic hydroxyl groups excluding tert-OH is 1. The number of aliphatic hydroxyl groups is 1. The fourth-order valence-corrected chi connectivity index (χ4v) is 4.35. The molecule has 3 rings (SSSR count). The van der Waals surface area contributed by atoms with E-state index in [-0.39, 0.29) is 6.10 Å². The summed E-state index contributed by atoms with van der Waals surface area (Å²) in [4.78, 5) is 7.24. The van der Waals surface area contributed by atoms with Crippen LogP contribution in [0.25, 0.3) is 0 Å². The van der Waals surface area contributed by atoms with E-state index in [0.717, 1.165) is 13.1 Å². The number of nitrogens with zero attached hydrogens (tertiary/aromatic N) is 2. The van der Waals surface area contributed by atoms with Crippen molar-refractivity contribution in [2.75, 3.05) is 32.1 Å². The van der Waals surface area contributed by atoms with Gasteiger partial charge < -0.3 is 14.9 Å². The van der Waals surface area contributed by atoms with E-state index in [9.17, 15) is 5.11 Å². The molecule has 1 aromatic rings. The number of hydrogen-bond acceptors (Lipinski definition) is 4. The first kappa shape index (κ1) is 15.7. The Morgan fingerprint density at radius 3 is 2.91 bits per heavy atom. The Balaban J connectivity index is 1.92. The molecule has 2 aliphatic rings. The van der Waals surface area contributed by atoms with E-state index in [0.29, 0.717) is 12.3 Å². The van der Waals surface area contributed by atoms with E-state index in [1.165, 1.54) is 21.2 Å². The number of allylic oxidation sites excluding steroid dienone is 1. The van der Waals surface area contributed by atoms with Gasteiger partial charge in [0.25, 0.3) is 0 Å². The Bertz CT molecular complexity index is 609. The van der Waals surface area contributed by atoms with Gasteiger partial charge in [0.1, 0.15) is 0 Å². The zero-order valence-electron chi connectivity index (χ0n) is 13.5. The van der Waals surface area contributed by atoms with Crippen LogP contribution in [0.15, 0.2) is 51.9 Å². The van der Waals surface area contributed by atoms with Gasteiger partial charge in [0.2, 0.25) is 0 Å². The summed E-state index contributed by atoms with van der Waals surface area (Å²) < 4.78 is 0. The van der Waals surface area contributed by atoms with E-state index >= 15 is 0 Å². The highest BCUT2D eigenvalue weighted by Gasteiger charge is 2.28. The van der Waals surface area contributed by atoms with Gasteiger partial charge in [-0.25, -0.2) is 0 Å². The smallest absolute Gasteiger partial charge is 0.0779 e. The number of hydrogen-bond donors (Lipinski definition) is 1. The van der Waals surface area contributed by atoms with Crippen LogP contribution in [-0.4, -0.2) is 43.3 Å². The van der Waals surface area contributed by atoms with Crippen LogP contribution in [0, 0.1) is 5.92 Å². The van der Waals surface area contributed by atoms with E-state index in [2.05, 4.69) is 61.2 Å². The second kappa shape index (κ2) is 6.49. The monoisotopic (exact) mass is 316 g/mol. The van der Waals surface area contributed by atoms with Gasteiger partial charge in [0, 0.05) is 35.0 Å². The Morgan fingerprint density at radius 1 is 1.36 bits per heavy atom. The summed E-state index contributed by atoms with van der Waals surface area (Å²) in [6.45, 7) is 4.33. The lowest BCUT2D eigenvalue weighted by Gasteiger charge is -2.38. The molecule has 0 fully saturated rings. The molecule has 2 unspecified atom stereocenters. The molecule has 0 saturated heterocycles. The van der Waals surface area contributed by atoms with Gasteiger partial charge in [-0.1, -0.05) is 36.9 Å². The topological polar surface area (TPSA) is 26.7 Å². The van der Waals surface area contributed by atoms with Crippen LogP contribution in [-0.2, 0) is 0 Å². The Kier molecular flexibility index (Phi) is 4.62. The summed E-state index contributed by atoms with van der Waals surface area (Å²) in [6.07, 6.45) is 4.33. The third-order valence-electron chi connectivity index (χ3n) is 4.03. The molecular weight excluding hydrogens is 292 g/mol. The highest BCUT2D eigenvalue weighted by molar-refractivity contribution is 8.03. The van der Waals surface area contributed by atoms with Gasteiger partial charge in [-0.2, -0.15) is 0 Å². The summed E-state index contributed by atoms with van der Waals surface area (Å²) in [5, 5.41) is 10.0. The molecule has 3 nitrogen and oxygen atoms in total. The number of fused-ring (bicyclic) bond motifs is 1. The molecule has 0 radical (unpaired) electrons. The minimum atomic E-state index is -0.365. The first-order valence-corrected chi connectivity index (χ1v) is 8.65. The summed E-state index contributed by atoms with van der Waals surface area (Å²) in [5.74, 6) is 0.558. The van der Waals surface area contributed by atoms with Gasteiger partial charge in [0.15, 0.2) is 0 Å². The molecule has 0 aromatic heterocycles. The van der Waals surface area contributed by atoms with Crippen molar-refractivity contribution in [2.24, 2.45) is 5.92 Å². The first-order chi connectivity index (χ1) is 10.5. The van der Waals surface area contributed by atoms with E-state index in [4.69, 9.17) is 0 Å². The molecule has 4 heteroatoms. The summed E-state index contributed by atoms with van der Waals surface area (Å²) in [7, 11) is 4.24. The van der Waals surface area contributed by atoms with Crippen molar-refractivity contribution >= 4 is 17.4 Å². The lowest BCUT2D eigenvalue weighted by molar-refractivity contribution is 0.220. The van der Waals surface area contributed by atoms with Crippen molar-refractivity contribution in [1.29, 1.82) is 0 Å². The summed E-state index contributed by atoms with van der Waals surface area (Å²) in [6, 6.07) is 8.58. The highest BCUT2D eigenvalue weighted by Crippen LogP contribution is 2.46. The minimum absolute atomic E-state index is 0.365. The molecule has 1 aliphatic heterocycles. The second-order valence-electron chi connectivity index (χ2n) is 6.49. The molecule has 22 heavy (non-hydrogen) atoms. The zero-order chi connectivity index (χ0) is 15.7. The normalized spacial score (nSPS) is 21.9. The summed E-state index contributed by atoms with van der Waals surface area (Å²) >= 11 is 1.82. The molecule has 1 N–H and O–H groups in total. The van der Waals surface area contributed by atoms with Crippen molar-refractivity contribution in [3.8, 4) is 0 Å². The number of benzene rings is 1. The molecule has 1 aliphatic carbocycles. The van der Waals surface area contributed by atoms with Crippen molar-refractivity contribution in [2.45, 2.75) is 24.3 Å². The zero-order valence-corrected chi connectivity index (χ0v) is 14.3. The molecule has 0 bridgehead atoms. The van der Waals surface area contributed by atoms with Crippen LogP contribution in [0.5, 0.6) is 0 Å². The number of anilines is 1. The van der Waals surface area contributed by atoms with Gasteiger partial charge in [-0.05, 0) is 38.2 Å². The maximum absolute atomic E-state index is 10.0. The largest absolute Gasteiger partial charge is 0.389 e. The van der Waals surface area contributed by atoms with Crippen LogP contribution in [0.4, 0.5) is 5.69 Å². The molecular formula is C18H24N2OS. The standard InChI is InChI=1S/C18H24N2OS/c1-13(11-19(2)3)12-20-15-6-4-5-7-17(15)22-18-9-8-14(21)10-16(18)20/h4-9,13-14,21H,10-12H2,1-3H3. The predicted octanol–water partition coefficient (Wildman–Crippen LogP) is 3.33. The Morgan fingerprint density at radius 2 is 2.14 bits per heavy atom. The van der Waals surface area contributed by atoms with Gasteiger partial charge in [-0.3, -0.25) is 0 Å². The predicted molar refractivity (Wildman–Crippen MR) is 94.2 cm³/mol. The van der Waals surface area contributed by atoms with Crippen LogP contribution in [0.1, 0.15) is 13.3 Å². The van der Waals surface area contributed by atoms with Crippen molar-refractivity contribution in [3.05, 3.63) is 47.0 Å². The maximum atomic E-state index is 10.0.